The van der Waals surface area contributed by atoms with Crippen LogP contribution in [-0.4, -0.2) is 20.6 Å². The molecule has 7 heteroatoms. The van der Waals surface area contributed by atoms with Crippen LogP contribution in [0.3, 0.4) is 0 Å². The number of carbonyl (C=O) groups is 1. The van der Waals surface area contributed by atoms with E-state index < -0.39 is 0 Å². The van der Waals surface area contributed by atoms with Gasteiger partial charge in [0.2, 0.25) is 4.96 Å². The summed E-state index contributed by atoms with van der Waals surface area (Å²) in [6.07, 6.45) is 1.81. The lowest BCUT2D eigenvalue weighted by molar-refractivity contribution is -0.131. The Hall–Kier alpha value is -3.32. The van der Waals surface area contributed by atoms with Gasteiger partial charge in [-0.05, 0) is 61.7 Å². The van der Waals surface area contributed by atoms with Gasteiger partial charge in [0.1, 0.15) is 5.75 Å². The quantitative estimate of drug-likeness (QED) is 0.387. The lowest BCUT2D eigenvalue weighted by atomic mass is 10.1. The van der Waals surface area contributed by atoms with E-state index in [0.29, 0.717) is 21.1 Å². The van der Waals surface area contributed by atoms with Crippen LogP contribution in [0.2, 0.25) is 0 Å². The van der Waals surface area contributed by atoms with Crippen molar-refractivity contribution >= 4 is 28.3 Å². The van der Waals surface area contributed by atoms with Crippen LogP contribution in [-0.2, 0) is 4.79 Å². The summed E-state index contributed by atoms with van der Waals surface area (Å²) in [7, 11) is 0. The van der Waals surface area contributed by atoms with Crippen molar-refractivity contribution in [3.63, 3.8) is 0 Å². The van der Waals surface area contributed by atoms with E-state index in [0.717, 1.165) is 27.8 Å². The zero-order valence-electron chi connectivity index (χ0n) is 16.5. The second kappa shape index (κ2) is 7.25. The first-order valence-corrected chi connectivity index (χ1v) is 9.91. The van der Waals surface area contributed by atoms with Crippen LogP contribution in [0, 0.1) is 20.8 Å². The molecule has 0 aliphatic heterocycles. The first kappa shape index (κ1) is 19.0. The fourth-order valence-corrected chi connectivity index (χ4v) is 4.17. The number of ether oxygens (including phenoxy) is 1. The van der Waals surface area contributed by atoms with Gasteiger partial charge in [-0.15, -0.1) is 5.10 Å². The zero-order valence-corrected chi connectivity index (χ0v) is 17.3. The number of rotatable bonds is 3. The highest BCUT2D eigenvalue weighted by molar-refractivity contribution is 7.15. The molecule has 29 heavy (non-hydrogen) atoms. The van der Waals surface area contributed by atoms with Crippen molar-refractivity contribution in [2.45, 2.75) is 27.7 Å². The molecule has 6 nitrogen and oxygen atoms in total. The van der Waals surface area contributed by atoms with Crippen LogP contribution < -0.4 is 14.8 Å². The minimum atomic E-state index is -0.357. The van der Waals surface area contributed by atoms with Gasteiger partial charge in [0.05, 0.1) is 4.53 Å². The molecule has 4 aromatic rings. The highest BCUT2D eigenvalue weighted by Crippen LogP contribution is 2.25. The number of esters is 1. The normalized spacial score (nSPS) is 11.9. The van der Waals surface area contributed by atoms with Crippen molar-refractivity contribution in [2.24, 2.45) is 0 Å². The second-order valence-electron chi connectivity index (χ2n) is 6.99. The van der Waals surface area contributed by atoms with E-state index in [1.807, 2.05) is 63.2 Å². The van der Waals surface area contributed by atoms with Crippen molar-refractivity contribution in [1.82, 2.24) is 14.6 Å². The van der Waals surface area contributed by atoms with Crippen molar-refractivity contribution in [3.8, 4) is 17.1 Å². The molecule has 0 unspecified atom stereocenters. The number of fused-ring (bicyclic) bond motifs is 1. The van der Waals surface area contributed by atoms with Crippen molar-refractivity contribution < 1.29 is 9.53 Å². The molecule has 2 aromatic carbocycles. The summed E-state index contributed by atoms with van der Waals surface area (Å²) >= 11 is 1.30. The van der Waals surface area contributed by atoms with E-state index in [2.05, 4.69) is 10.1 Å². The lowest BCUT2D eigenvalue weighted by Crippen LogP contribution is -2.23. The number of carbonyl (C=O) groups excluding carboxylic acids is 1. The molecule has 0 bridgehead atoms. The smallest absolute Gasteiger partial charge is 0.308 e. The number of thiazole rings is 1. The van der Waals surface area contributed by atoms with Gasteiger partial charge in [-0.3, -0.25) is 9.59 Å². The number of hydrogen-bond donors (Lipinski definition) is 0. The zero-order chi connectivity index (χ0) is 20.7. The summed E-state index contributed by atoms with van der Waals surface area (Å²) in [5.74, 6) is 0.744. The number of benzene rings is 2. The van der Waals surface area contributed by atoms with E-state index in [1.165, 1.54) is 22.8 Å². The standard InChI is InChI=1S/C22H19N3O3S/c1-12-6-5-7-17(8-12)20-23-22-25(24-20)21(27)18(29-22)11-16-9-13(2)19(14(3)10-16)28-15(4)26/h5-11H,1-4H3. The maximum absolute atomic E-state index is 12.8. The summed E-state index contributed by atoms with van der Waals surface area (Å²) < 4.78 is 7.17. The molecule has 0 fully saturated rings. The van der Waals surface area contributed by atoms with Crippen molar-refractivity contribution in [2.75, 3.05) is 0 Å². The molecule has 0 saturated carbocycles. The topological polar surface area (TPSA) is 73.6 Å². The third kappa shape index (κ3) is 3.69. The molecule has 0 spiro atoms. The first-order valence-electron chi connectivity index (χ1n) is 9.10. The Morgan fingerprint density at radius 1 is 1.14 bits per heavy atom. The fraction of sp³-hybridized carbons (Fsp3) is 0.182. The number of nitrogens with zero attached hydrogens (tertiary/aromatic N) is 3. The molecule has 2 aromatic heterocycles. The van der Waals surface area contributed by atoms with Gasteiger partial charge in [0.15, 0.2) is 5.82 Å². The van der Waals surface area contributed by atoms with Crippen molar-refractivity contribution in [1.29, 1.82) is 0 Å². The van der Waals surface area contributed by atoms with Gasteiger partial charge in [0, 0.05) is 12.5 Å². The van der Waals surface area contributed by atoms with Crippen LogP contribution in [0.4, 0.5) is 0 Å². The molecule has 0 saturated heterocycles. The molecule has 0 N–H and O–H groups in total. The average Bonchev–Trinajstić information content (AvgIpc) is 3.18. The third-order valence-corrected chi connectivity index (χ3v) is 5.44. The van der Waals surface area contributed by atoms with E-state index >= 15 is 0 Å². The summed E-state index contributed by atoms with van der Waals surface area (Å²) in [6, 6.07) is 11.6. The highest BCUT2D eigenvalue weighted by atomic mass is 32.1. The van der Waals surface area contributed by atoms with Gasteiger partial charge in [0.25, 0.3) is 5.56 Å². The molecule has 0 aliphatic carbocycles. The molecule has 0 amide bonds. The van der Waals surface area contributed by atoms with E-state index in [-0.39, 0.29) is 11.5 Å². The number of hydrogen-bond acceptors (Lipinski definition) is 6. The average molecular weight is 405 g/mol. The van der Waals surface area contributed by atoms with Crippen LogP contribution >= 0.6 is 11.3 Å². The summed E-state index contributed by atoms with van der Waals surface area (Å²) in [5, 5.41) is 4.39. The van der Waals surface area contributed by atoms with Crippen molar-refractivity contribution in [3.05, 3.63) is 73.5 Å². The van der Waals surface area contributed by atoms with E-state index in [1.54, 1.807) is 0 Å². The highest BCUT2D eigenvalue weighted by Gasteiger charge is 2.13. The van der Waals surface area contributed by atoms with Gasteiger partial charge < -0.3 is 4.74 Å². The summed E-state index contributed by atoms with van der Waals surface area (Å²) in [6.45, 7) is 7.13. The molecule has 0 aliphatic rings. The van der Waals surface area contributed by atoms with Crippen LogP contribution in [0.25, 0.3) is 22.4 Å². The summed E-state index contributed by atoms with van der Waals surface area (Å²) in [5.41, 5.74) is 4.32. The molecule has 2 heterocycles. The maximum Gasteiger partial charge on any atom is 0.308 e. The molecule has 0 atom stereocenters. The molecule has 4 rings (SSSR count). The van der Waals surface area contributed by atoms with Crippen LogP contribution in [0.5, 0.6) is 5.75 Å². The molecule has 0 radical (unpaired) electrons. The van der Waals surface area contributed by atoms with Crippen LogP contribution in [0.1, 0.15) is 29.2 Å². The predicted molar refractivity (Wildman–Crippen MR) is 113 cm³/mol. The Labute approximate surface area is 171 Å². The first-order chi connectivity index (χ1) is 13.8. The monoisotopic (exact) mass is 405 g/mol. The van der Waals surface area contributed by atoms with Gasteiger partial charge >= 0.3 is 5.97 Å². The second-order valence-corrected chi connectivity index (χ2v) is 8.00. The fourth-order valence-electron chi connectivity index (χ4n) is 3.26. The Bertz CT molecular complexity index is 1340. The van der Waals surface area contributed by atoms with E-state index in [9.17, 15) is 9.59 Å². The van der Waals surface area contributed by atoms with Crippen LogP contribution in [0.15, 0.2) is 41.2 Å². The minimum Gasteiger partial charge on any atom is -0.426 e. The Morgan fingerprint density at radius 3 is 2.48 bits per heavy atom. The van der Waals surface area contributed by atoms with Gasteiger partial charge in [-0.1, -0.05) is 35.1 Å². The Balaban J connectivity index is 1.76. The molecular weight excluding hydrogens is 386 g/mol. The Kier molecular flexibility index (Phi) is 4.76. The van der Waals surface area contributed by atoms with Gasteiger partial charge in [-0.2, -0.15) is 9.50 Å². The summed E-state index contributed by atoms with van der Waals surface area (Å²) in [4.78, 5) is 29.1. The molecular formula is C22H19N3O3S. The lowest BCUT2D eigenvalue weighted by Gasteiger charge is -2.10. The third-order valence-electron chi connectivity index (χ3n) is 4.48. The maximum atomic E-state index is 12.8. The van der Waals surface area contributed by atoms with Gasteiger partial charge in [-0.25, -0.2) is 0 Å². The Morgan fingerprint density at radius 2 is 1.86 bits per heavy atom. The molecule has 146 valence electrons. The van der Waals surface area contributed by atoms with E-state index in [4.69, 9.17) is 4.74 Å². The largest absolute Gasteiger partial charge is 0.426 e. The predicted octanol–water partition coefficient (Wildman–Crippen LogP) is 3.22. The SMILES string of the molecule is CC(=O)Oc1c(C)cc(C=c2sc3nc(-c4cccc(C)c4)nn3c2=O)cc1C. The number of aryl methyl sites for hydroxylation is 3. The number of aromatic nitrogens is 3. The minimum absolute atomic E-state index is 0.198.